The van der Waals surface area contributed by atoms with Gasteiger partial charge >= 0.3 is 0 Å². The van der Waals surface area contributed by atoms with Crippen LogP contribution in [0.3, 0.4) is 0 Å². The number of nitrogens with zero attached hydrogens (tertiary/aromatic N) is 2. The van der Waals surface area contributed by atoms with Crippen LogP contribution >= 0.6 is 15.9 Å². The van der Waals surface area contributed by atoms with Crippen LogP contribution < -0.4 is 4.90 Å². The molecule has 1 aliphatic heterocycles. The molecule has 0 N–H and O–H groups in total. The zero-order chi connectivity index (χ0) is 14.7. The van der Waals surface area contributed by atoms with E-state index in [0.29, 0.717) is 18.8 Å². The summed E-state index contributed by atoms with van der Waals surface area (Å²) in [5.74, 6) is 0.591. The Hall–Kier alpha value is -1.36. The van der Waals surface area contributed by atoms with Gasteiger partial charge < -0.3 is 9.80 Å². The Bertz CT molecular complexity index is 516. The maximum atomic E-state index is 12.0. The smallest absolute Gasteiger partial charge is 0.227 e. The van der Waals surface area contributed by atoms with Crippen LogP contribution in [-0.4, -0.2) is 42.7 Å². The van der Waals surface area contributed by atoms with Crippen molar-refractivity contribution in [2.45, 2.75) is 12.8 Å². The maximum Gasteiger partial charge on any atom is 0.227 e. The van der Waals surface area contributed by atoms with Crippen LogP contribution in [0.5, 0.6) is 0 Å². The molecule has 2 rings (SSSR count). The van der Waals surface area contributed by atoms with Gasteiger partial charge in [0.25, 0.3) is 0 Å². The van der Waals surface area contributed by atoms with E-state index in [9.17, 15) is 9.59 Å². The van der Waals surface area contributed by atoms with Crippen molar-refractivity contribution in [1.29, 1.82) is 0 Å². The fourth-order valence-corrected chi connectivity index (χ4v) is 2.74. The predicted molar refractivity (Wildman–Crippen MR) is 83.1 cm³/mol. The Balaban J connectivity index is 2.14. The van der Waals surface area contributed by atoms with Gasteiger partial charge in [-0.15, -0.1) is 0 Å². The first-order valence-electron chi connectivity index (χ1n) is 6.66. The first kappa shape index (κ1) is 15.0. The van der Waals surface area contributed by atoms with Gasteiger partial charge in [0.15, 0.2) is 0 Å². The molecule has 1 aromatic rings. The Labute approximate surface area is 127 Å². The number of halogens is 1. The van der Waals surface area contributed by atoms with Crippen LogP contribution in [0, 0.1) is 5.92 Å². The van der Waals surface area contributed by atoms with E-state index in [1.165, 1.54) is 0 Å². The monoisotopic (exact) mass is 338 g/mol. The minimum atomic E-state index is 0.0632. The number of carbonyl (C=O) groups is 2. The van der Waals surface area contributed by atoms with E-state index in [2.05, 4.69) is 15.9 Å². The molecule has 1 saturated heterocycles. The summed E-state index contributed by atoms with van der Waals surface area (Å²) >= 11 is 3.44. The van der Waals surface area contributed by atoms with E-state index in [-0.39, 0.29) is 11.8 Å². The molecular weight excluding hydrogens is 320 g/mol. The van der Waals surface area contributed by atoms with Crippen molar-refractivity contribution in [3.8, 4) is 0 Å². The average molecular weight is 339 g/mol. The van der Waals surface area contributed by atoms with Gasteiger partial charge in [0.05, 0.1) is 6.42 Å². The number of anilines is 1. The number of benzene rings is 1. The van der Waals surface area contributed by atoms with Crippen LogP contribution in [0.15, 0.2) is 24.3 Å². The van der Waals surface area contributed by atoms with Crippen molar-refractivity contribution in [2.75, 3.05) is 30.9 Å². The maximum absolute atomic E-state index is 12.0. The third-order valence-electron chi connectivity index (χ3n) is 3.50. The van der Waals surface area contributed by atoms with E-state index < -0.39 is 0 Å². The second-order valence-corrected chi connectivity index (χ2v) is 6.01. The number of amides is 2. The summed E-state index contributed by atoms with van der Waals surface area (Å²) in [6, 6.07) is 7.70. The summed E-state index contributed by atoms with van der Waals surface area (Å²) in [5.41, 5.74) is 1.83. The van der Waals surface area contributed by atoms with E-state index in [0.717, 1.165) is 23.1 Å². The lowest BCUT2D eigenvalue weighted by molar-refractivity contribution is -0.128. The number of carbonyl (C=O) groups excluding carboxylic acids is 2. The second-order valence-electron chi connectivity index (χ2n) is 5.36. The third-order valence-corrected chi connectivity index (χ3v) is 4.42. The van der Waals surface area contributed by atoms with Crippen LogP contribution in [0.2, 0.25) is 0 Å². The van der Waals surface area contributed by atoms with E-state index in [1.54, 1.807) is 19.0 Å². The first-order chi connectivity index (χ1) is 9.51. The highest BCUT2D eigenvalue weighted by atomic mass is 79.9. The quantitative estimate of drug-likeness (QED) is 0.788. The summed E-state index contributed by atoms with van der Waals surface area (Å²) in [6.45, 7) is 0.745. The number of hydrogen-bond donors (Lipinski definition) is 0. The van der Waals surface area contributed by atoms with Gasteiger partial charge in [0, 0.05) is 38.1 Å². The predicted octanol–water partition coefficient (Wildman–Crippen LogP) is 2.07. The van der Waals surface area contributed by atoms with Crippen molar-refractivity contribution in [1.82, 2.24) is 4.90 Å². The average Bonchev–Trinajstić information content (AvgIpc) is 2.80. The standard InChI is InChI=1S/C15H19BrN2O2/c1-17(2)14(19)7-11-4-3-5-13(6-11)18-10-12(9-16)8-15(18)20/h3-6,12H,7-10H2,1-2H3. The molecule has 20 heavy (non-hydrogen) atoms. The molecule has 1 aromatic carbocycles. The van der Waals surface area contributed by atoms with Gasteiger partial charge in [0.2, 0.25) is 11.8 Å². The largest absolute Gasteiger partial charge is 0.349 e. The molecule has 0 aliphatic carbocycles. The summed E-state index contributed by atoms with van der Waals surface area (Å²) in [5, 5.41) is 0.841. The molecule has 0 radical (unpaired) electrons. The Morgan fingerprint density at radius 1 is 1.45 bits per heavy atom. The van der Waals surface area contributed by atoms with E-state index >= 15 is 0 Å². The highest BCUT2D eigenvalue weighted by Gasteiger charge is 2.29. The molecule has 0 bridgehead atoms. The van der Waals surface area contributed by atoms with Crippen molar-refractivity contribution in [3.63, 3.8) is 0 Å². The molecule has 5 heteroatoms. The molecule has 4 nitrogen and oxygen atoms in total. The van der Waals surface area contributed by atoms with Gasteiger partial charge in [-0.1, -0.05) is 28.1 Å². The summed E-state index contributed by atoms with van der Waals surface area (Å²) in [7, 11) is 3.49. The Kier molecular flexibility index (Phi) is 4.81. The van der Waals surface area contributed by atoms with Crippen LogP contribution in [0.25, 0.3) is 0 Å². The molecular formula is C15H19BrN2O2. The topological polar surface area (TPSA) is 40.6 Å². The fourth-order valence-electron chi connectivity index (χ4n) is 2.30. The second kappa shape index (κ2) is 6.39. The summed E-state index contributed by atoms with van der Waals surface area (Å²) in [6.07, 6.45) is 0.955. The highest BCUT2D eigenvalue weighted by molar-refractivity contribution is 9.09. The van der Waals surface area contributed by atoms with Gasteiger partial charge in [-0.2, -0.15) is 0 Å². The fraction of sp³-hybridized carbons (Fsp3) is 0.467. The molecule has 108 valence electrons. The number of hydrogen-bond acceptors (Lipinski definition) is 2. The molecule has 0 aromatic heterocycles. The zero-order valence-corrected chi connectivity index (χ0v) is 13.4. The van der Waals surface area contributed by atoms with Crippen LogP contribution in [-0.2, 0) is 16.0 Å². The molecule has 1 heterocycles. The van der Waals surface area contributed by atoms with E-state index in [1.807, 2.05) is 29.2 Å². The van der Waals surface area contributed by atoms with Crippen molar-refractivity contribution < 1.29 is 9.59 Å². The van der Waals surface area contributed by atoms with Gasteiger partial charge in [-0.25, -0.2) is 0 Å². The number of likely N-dealkylation sites (N-methyl/N-ethyl adjacent to an activating group) is 1. The molecule has 0 saturated carbocycles. The van der Waals surface area contributed by atoms with Crippen molar-refractivity contribution in [3.05, 3.63) is 29.8 Å². The molecule has 1 atom stereocenters. The van der Waals surface area contributed by atoms with E-state index in [4.69, 9.17) is 0 Å². The van der Waals surface area contributed by atoms with Gasteiger partial charge in [-0.3, -0.25) is 9.59 Å². The van der Waals surface area contributed by atoms with Gasteiger partial charge in [0.1, 0.15) is 0 Å². The first-order valence-corrected chi connectivity index (χ1v) is 7.79. The molecule has 2 amide bonds. The Morgan fingerprint density at radius 3 is 2.80 bits per heavy atom. The lowest BCUT2D eigenvalue weighted by Crippen LogP contribution is -2.25. The van der Waals surface area contributed by atoms with Gasteiger partial charge in [-0.05, 0) is 23.6 Å². The minimum absolute atomic E-state index is 0.0632. The zero-order valence-electron chi connectivity index (χ0n) is 11.8. The normalized spacial score (nSPS) is 18.4. The lowest BCUT2D eigenvalue weighted by Gasteiger charge is -2.18. The molecule has 0 spiro atoms. The molecule has 1 aliphatic rings. The molecule has 1 fully saturated rings. The molecule has 1 unspecified atom stereocenters. The highest BCUT2D eigenvalue weighted by Crippen LogP contribution is 2.26. The van der Waals surface area contributed by atoms with Crippen LogP contribution in [0.4, 0.5) is 5.69 Å². The summed E-state index contributed by atoms with van der Waals surface area (Å²) in [4.78, 5) is 27.2. The number of alkyl halides is 1. The summed E-state index contributed by atoms with van der Waals surface area (Å²) < 4.78 is 0. The van der Waals surface area contributed by atoms with Crippen molar-refractivity contribution >= 4 is 33.4 Å². The third kappa shape index (κ3) is 3.39. The Morgan fingerprint density at radius 2 is 2.20 bits per heavy atom. The van der Waals surface area contributed by atoms with Crippen molar-refractivity contribution in [2.24, 2.45) is 5.92 Å². The minimum Gasteiger partial charge on any atom is -0.349 e. The van der Waals surface area contributed by atoms with Crippen LogP contribution in [0.1, 0.15) is 12.0 Å². The number of rotatable bonds is 4. The SMILES string of the molecule is CN(C)C(=O)Cc1cccc(N2CC(CBr)CC2=O)c1. The lowest BCUT2D eigenvalue weighted by atomic mass is 10.1.